The van der Waals surface area contributed by atoms with Gasteiger partial charge in [-0.25, -0.2) is 4.79 Å². The van der Waals surface area contributed by atoms with Crippen LogP contribution in [-0.2, 0) is 23.9 Å². The molecule has 1 aromatic rings. The Bertz CT molecular complexity index is 2410. The first-order valence-corrected chi connectivity index (χ1v) is 35.1. The number of piperidine rings is 2. The van der Waals surface area contributed by atoms with Gasteiger partial charge in [0, 0.05) is 117 Å². The average Bonchev–Trinajstić information content (AvgIpc) is 1.83. The van der Waals surface area contributed by atoms with Crippen LogP contribution in [0, 0.1) is 58.2 Å². The third-order valence-corrected chi connectivity index (χ3v) is 24.9. The molecule has 6 fully saturated rings. The van der Waals surface area contributed by atoms with E-state index in [4.69, 9.17) is 14.2 Å². The Balaban J connectivity index is 1.02. The highest BCUT2D eigenvalue weighted by atomic mass is 33.1. The highest BCUT2D eigenvalue weighted by Crippen LogP contribution is 2.65. The summed E-state index contributed by atoms with van der Waals surface area (Å²) in [5, 5.41) is 65.7. The van der Waals surface area contributed by atoms with E-state index in [2.05, 4.69) is 49.4 Å². The van der Waals surface area contributed by atoms with Crippen molar-refractivity contribution in [2.45, 2.75) is 202 Å². The van der Waals surface area contributed by atoms with Crippen LogP contribution in [0.15, 0.2) is 12.1 Å². The molecule has 5 aliphatic heterocycles. The van der Waals surface area contributed by atoms with Crippen molar-refractivity contribution in [3.63, 3.8) is 0 Å². The van der Waals surface area contributed by atoms with Crippen molar-refractivity contribution in [2.24, 2.45) is 46.3 Å². The number of nitrogens with one attached hydrogen (secondary N) is 5. The van der Waals surface area contributed by atoms with Crippen LogP contribution in [0.5, 0.6) is 11.5 Å². The third-order valence-electron chi connectivity index (χ3n) is 22.2. The number of carbonyl (C=O) groups is 3. The van der Waals surface area contributed by atoms with Gasteiger partial charge in [0.25, 0.3) is 0 Å². The predicted molar refractivity (Wildman–Crippen MR) is 327 cm³/mol. The number of amides is 1. The van der Waals surface area contributed by atoms with Crippen molar-refractivity contribution in [3.8, 4) is 23.3 Å². The van der Waals surface area contributed by atoms with Crippen LogP contribution in [0.25, 0.3) is 0 Å². The van der Waals surface area contributed by atoms with Gasteiger partial charge in [0.15, 0.2) is 11.5 Å². The molecule has 464 valence electrons. The zero-order valence-electron chi connectivity index (χ0n) is 50.3. The van der Waals surface area contributed by atoms with Gasteiger partial charge in [-0.05, 0) is 178 Å². The Morgan fingerprint density at radius 2 is 1.72 bits per heavy atom. The molecule has 1 aromatic carbocycles. The number of aromatic hydroxyl groups is 1. The number of hydrogen-bond donors (Lipinski definition) is 9. The van der Waals surface area contributed by atoms with Crippen molar-refractivity contribution in [3.05, 3.63) is 23.3 Å². The van der Waals surface area contributed by atoms with Crippen molar-refractivity contribution in [1.82, 2.24) is 31.5 Å². The Morgan fingerprint density at radius 3 is 2.49 bits per heavy atom. The van der Waals surface area contributed by atoms with Crippen LogP contribution in [0.3, 0.4) is 0 Å². The van der Waals surface area contributed by atoms with Crippen LogP contribution in [-0.4, -0.2) is 169 Å². The smallest absolute Gasteiger partial charge is 0.332 e. The molecule has 4 saturated heterocycles. The molecular weight excluding hydrogens is 1090 g/mol. The number of piperazine rings is 1. The number of fused-ring (bicyclic) bond motifs is 5. The molecule has 14 atom stereocenters. The fourth-order valence-corrected chi connectivity index (χ4v) is 20.6. The van der Waals surface area contributed by atoms with E-state index in [1.54, 1.807) is 27.7 Å². The van der Waals surface area contributed by atoms with Gasteiger partial charge in [-0.3, -0.25) is 9.59 Å². The van der Waals surface area contributed by atoms with Crippen LogP contribution < -0.4 is 31.3 Å². The van der Waals surface area contributed by atoms with Gasteiger partial charge >= 0.3 is 11.9 Å². The number of ether oxygens (including phenoxy) is 3. The van der Waals surface area contributed by atoms with E-state index in [1.165, 1.54) is 13.3 Å². The van der Waals surface area contributed by atoms with E-state index in [0.717, 1.165) is 121 Å². The highest BCUT2D eigenvalue weighted by Gasteiger charge is 2.61. The lowest BCUT2D eigenvalue weighted by Crippen LogP contribution is -2.65. The topological polar surface area (TPSA) is 223 Å². The number of esters is 2. The minimum atomic E-state index is -1.19. The number of nitrogens with zero attached hydrogens (tertiary/aromatic N) is 1. The quantitative estimate of drug-likeness (QED) is 0.0347. The van der Waals surface area contributed by atoms with E-state index in [-0.39, 0.29) is 77.6 Å². The van der Waals surface area contributed by atoms with E-state index < -0.39 is 46.8 Å². The molecule has 18 heteroatoms. The van der Waals surface area contributed by atoms with Crippen LogP contribution >= 0.6 is 21.6 Å². The Kier molecular flexibility index (Phi) is 21.7. The molecule has 4 aliphatic carbocycles. The molecule has 0 bridgehead atoms. The molecule has 5 heterocycles. The van der Waals surface area contributed by atoms with Crippen molar-refractivity contribution >= 4 is 39.4 Å². The fraction of sp³-hybridized carbons (Fsp3) is 0.831. The summed E-state index contributed by atoms with van der Waals surface area (Å²) in [5.74, 6) is 7.73. The molecule has 9 N–H and O–H groups in total. The first-order chi connectivity index (χ1) is 40.2. The zero-order valence-corrected chi connectivity index (χ0v) is 52.0. The second kappa shape index (κ2) is 28.6. The summed E-state index contributed by atoms with van der Waals surface area (Å²) in [6.45, 7) is 12.3. The second-order valence-corrected chi connectivity index (χ2v) is 29.9. The average molecular weight is 1190 g/mol. The summed E-state index contributed by atoms with van der Waals surface area (Å²) >= 11 is 0. The number of phenols is 1. The minimum Gasteiger partial charge on any atom is -0.504 e. The minimum absolute atomic E-state index is 0.00853. The predicted octanol–water partition coefficient (Wildman–Crippen LogP) is 7.16. The second-order valence-electron chi connectivity index (χ2n) is 27.4. The molecule has 0 aromatic heterocycles. The van der Waals surface area contributed by atoms with Crippen molar-refractivity contribution < 1.29 is 49.0 Å². The van der Waals surface area contributed by atoms with Gasteiger partial charge in [-0.2, -0.15) is 0 Å². The molecule has 16 nitrogen and oxygen atoms in total. The molecule has 0 radical (unpaired) electrons. The summed E-state index contributed by atoms with van der Waals surface area (Å²) in [6.07, 6.45) is 13.8. The molecule has 14 unspecified atom stereocenters. The maximum atomic E-state index is 15.9. The lowest BCUT2D eigenvalue weighted by molar-refractivity contribution is -0.183. The lowest BCUT2D eigenvalue weighted by Gasteiger charge is -2.56. The lowest BCUT2D eigenvalue weighted by atomic mass is 9.51. The van der Waals surface area contributed by atoms with E-state index in [1.807, 2.05) is 14.0 Å². The molecule has 1 amide bonds. The Hall–Kier alpha value is -2.83. The third kappa shape index (κ3) is 14.4. The first kappa shape index (κ1) is 63.2. The summed E-state index contributed by atoms with van der Waals surface area (Å²) < 4.78 is 20.9. The number of carbonyl (C=O) groups excluding carboxylic acids is 3. The zero-order chi connectivity index (χ0) is 58.2. The Morgan fingerprint density at radius 1 is 0.940 bits per heavy atom. The van der Waals surface area contributed by atoms with Crippen LogP contribution in [0.1, 0.15) is 178 Å². The normalized spacial score (nSPS) is 36.0. The number of benzene rings is 1. The van der Waals surface area contributed by atoms with Gasteiger partial charge in [-0.1, -0.05) is 59.3 Å². The number of aliphatic hydroxyl groups is 3. The monoisotopic (exact) mass is 1190 g/mol. The SMILES string of the molecule is CNCCC(CCCNC1CSSCC(C)(O)CC2CC#CC3CC4c5c(ccc(O)c5OCC4C4(CO)CCCC4)C3C3(CCNCC3)C(OC(=O)C34CCCCC3CCC(=O)N4)CC(OC(C)=O)C2CCC1O)CCN1CCNCC1. The molecule has 9 aliphatic rings. The van der Waals surface area contributed by atoms with Gasteiger partial charge in [0.2, 0.25) is 5.91 Å². The van der Waals surface area contributed by atoms with Crippen molar-refractivity contribution in [2.75, 3.05) is 90.7 Å². The summed E-state index contributed by atoms with van der Waals surface area (Å²) in [4.78, 5) is 45.9. The maximum Gasteiger partial charge on any atom is 0.332 e. The van der Waals surface area contributed by atoms with E-state index in [9.17, 15) is 30.0 Å². The summed E-state index contributed by atoms with van der Waals surface area (Å²) in [6, 6.07) is 3.61. The van der Waals surface area contributed by atoms with Gasteiger partial charge in [-0.15, -0.1) is 5.92 Å². The van der Waals surface area contributed by atoms with Crippen LogP contribution in [0.2, 0.25) is 0 Å². The van der Waals surface area contributed by atoms with Crippen LogP contribution in [0.4, 0.5) is 0 Å². The Labute approximate surface area is 503 Å². The largest absolute Gasteiger partial charge is 0.504 e. The highest BCUT2D eigenvalue weighted by molar-refractivity contribution is 8.76. The molecule has 1 spiro atoms. The van der Waals surface area contributed by atoms with Gasteiger partial charge < -0.3 is 66.1 Å². The van der Waals surface area contributed by atoms with Gasteiger partial charge in [0.1, 0.15) is 17.7 Å². The maximum absolute atomic E-state index is 15.9. The summed E-state index contributed by atoms with van der Waals surface area (Å²) in [5.41, 5.74) is -1.40. The molecule has 10 rings (SSSR count). The number of rotatable bonds is 16. The van der Waals surface area contributed by atoms with E-state index >= 15 is 4.79 Å². The van der Waals surface area contributed by atoms with E-state index in [0.29, 0.717) is 107 Å². The fourth-order valence-electron chi connectivity index (χ4n) is 17.8. The first-order valence-electron chi connectivity index (χ1n) is 32.6. The molecule has 2 saturated carbocycles. The standard InChI is InChI=1S/C65H102N6O10S2/c1-43(73)80-55-37-56(81-61(77)65-24-5-4-13-47(65)14-19-57(76)70-65)64(25-29-67-30-26-64)59-45(36-50-51(63(41-72)22-6-7-23-63)39-79-60-54(75)18-16-49(59)58(50)60)11-8-12-46-38-62(2,78)42-83-82-40-52(53(74)17-15-48(46)55)69-27-9-10-44(20-28-66-3)21-33-71-34-31-68-32-35-71/h16,18,44-48,50-53,55-56,59,66-69,72,74-75,78H,4-7,9-10,12-15,17,19-42H2,1-3H3,(H,70,76). The molecular formula is C65H102N6O10S2. The number of phenolic OH excluding ortho intramolecular Hbond substituents is 1. The number of hydrogen-bond acceptors (Lipinski definition) is 17. The molecule has 83 heavy (non-hydrogen) atoms. The number of aliphatic hydroxyl groups excluding tert-OH is 2. The van der Waals surface area contributed by atoms with Crippen molar-refractivity contribution in [1.29, 1.82) is 0 Å². The summed E-state index contributed by atoms with van der Waals surface area (Å²) in [7, 11) is 5.36. The van der Waals surface area contributed by atoms with Gasteiger partial charge in [0.05, 0.1) is 18.3 Å².